The summed E-state index contributed by atoms with van der Waals surface area (Å²) in [6.45, 7) is 16.7. The zero-order chi connectivity index (χ0) is 30.4. The lowest BCUT2D eigenvalue weighted by molar-refractivity contribution is 0.623. The van der Waals surface area contributed by atoms with E-state index in [2.05, 4.69) is 45.7 Å². The molecule has 216 valence electrons. The number of nitrogens with zero attached hydrogens (tertiary/aromatic N) is 1. The number of nitrogens with one attached hydrogen (secondary N) is 4. The van der Waals surface area contributed by atoms with Crippen molar-refractivity contribution in [2.75, 3.05) is 24.7 Å². The minimum Gasteiger partial charge on any atom is -0.385 e. The fraction of sp³-hybridized carbons (Fsp3) is 0.171. The van der Waals surface area contributed by atoms with Crippen LogP contribution in [0.15, 0.2) is 92.4 Å². The van der Waals surface area contributed by atoms with E-state index in [9.17, 15) is 4.39 Å². The summed E-state index contributed by atoms with van der Waals surface area (Å²) in [5.74, 6) is -0.723. The van der Waals surface area contributed by atoms with E-state index in [1.807, 2.05) is 51.2 Å². The first-order valence-electron chi connectivity index (χ1n) is 13.8. The topological polar surface area (TPSA) is 64.8 Å². The number of anilines is 2. The monoisotopic (exact) mass is 565 g/mol. The molecule has 0 spiro atoms. The number of benzene rings is 2. The standard InChI is InChI=1S/C35H37F2N5/c1-8-10-30(26-11-24(18-38-6)12-28(36)13-26)32-17-34(42-23(32)5)22(4)31-15-25(16-33(37)35(31)39-7)27-14-29(20-40-19-27)41-21(3)9-2/h8,10-17,19-20,38-39,41-42H,1,3-4,9,18H2,2,5-7H3/b30-10-. The fourth-order valence-corrected chi connectivity index (χ4v) is 4.94. The van der Waals surface area contributed by atoms with Crippen LogP contribution in [0, 0.1) is 18.6 Å². The van der Waals surface area contributed by atoms with Gasteiger partial charge in [0.2, 0.25) is 0 Å². The molecule has 0 bridgehead atoms. The molecule has 0 fully saturated rings. The van der Waals surface area contributed by atoms with Crippen molar-refractivity contribution < 1.29 is 8.78 Å². The zero-order valence-electron chi connectivity index (χ0n) is 24.6. The van der Waals surface area contributed by atoms with E-state index in [4.69, 9.17) is 0 Å². The van der Waals surface area contributed by atoms with E-state index in [1.54, 1.807) is 25.5 Å². The van der Waals surface area contributed by atoms with E-state index >= 15 is 4.39 Å². The summed E-state index contributed by atoms with van der Waals surface area (Å²) in [4.78, 5) is 7.75. The Bertz CT molecular complexity index is 1680. The maximum atomic E-state index is 15.5. The molecule has 4 rings (SSSR count). The van der Waals surface area contributed by atoms with Crippen molar-refractivity contribution in [2.45, 2.75) is 26.8 Å². The predicted octanol–water partition coefficient (Wildman–Crippen LogP) is 8.44. The molecule has 7 heteroatoms. The number of halogens is 2. The van der Waals surface area contributed by atoms with Crippen molar-refractivity contribution in [1.82, 2.24) is 15.3 Å². The van der Waals surface area contributed by atoms with Crippen LogP contribution in [0.4, 0.5) is 20.2 Å². The Morgan fingerprint density at radius 1 is 0.976 bits per heavy atom. The summed E-state index contributed by atoms with van der Waals surface area (Å²) in [5, 5.41) is 9.30. The summed E-state index contributed by atoms with van der Waals surface area (Å²) < 4.78 is 30.1. The Morgan fingerprint density at radius 2 is 1.76 bits per heavy atom. The molecule has 0 atom stereocenters. The molecule has 42 heavy (non-hydrogen) atoms. The molecule has 0 radical (unpaired) electrons. The molecule has 0 aliphatic rings. The van der Waals surface area contributed by atoms with Crippen LogP contribution in [0.25, 0.3) is 22.3 Å². The van der Waals surface area contributed by atoms with Gasteiger partial charge in [0, 0.05) is 59.1 Å². The molecule has 2 aromatic heterocycles. The first-order valence-corrected chi connectivity index (χ1v) is 13.8. The molecular formula is C35H37F2N5. The average molecular weight is 566 g/mol. The summed E-state index contributed by atoms with van der Waals surface area (Å²) in [7, 11) is 3.50. The average Bonchev–Trinajstić information content (AvgIpc) is 3.35. The number of allylic oxidation sites excluding steroid dienone is 3. The molecule has 4 N–H and O–H groups in total. The van der Waals surface area contributed by atoms with Gasteiger partial charge in [-0.15, -0.1) is 0 Å². The second-order valence-electron chi connectivity index (χ2n) is 10.1. The van der Waals surface area contributed by atoms with Crippen LogP contribution < -0.4 is 16.0 Å². The number of pyridine rings is 1. The van der Waals surface area contributed by atoms with Gasteiger partial charge < -0.3 is 20.9 Å². The van der Waals surface area contributed by atoms with Gasteiger partial charge in [-0.1, -0.05) is 38.8 Å². The second kappa shape index (κ2) is 13.3. The minimum atomic E-state index is -0.407. The molecule has 2 heterocycles. The van der Waals surface area contributed by atoms with Crippen molar-refractivity contribution in [3.8, 4) is 11.1 Å². The summed E-state index contributed by atoms with van der Waals surface area (Å²) in [6.07, 6.45) is 7.73. The van der Waals surface area contributed by atoms with E-state index in [0.717, 1.165) is 51.3 Å². The first-order chi connectivity index (χ1) is 20.2. The van der Waals surface area contributed by atoms with Crippen LogP contribution in [0.1, 0.15) is 47.0 Å². The molecule has 0 saturated heterocycles. The summed E-state index contributed by atoms with van der Waals surface area (Å²) in [6, 6.07) is 12.3. The van der Waals surface area contributed by atoms with Crippen molar-refractivity contribution in [3.05, 3.63) is 138 Å². The Morgan fingerprint density at radius 3 is 2.45 bits per heavy atom. The maximum absolute atomic E-state index is 15.5. The number of rotatable bonds is 12. The van der Waals surface area contributed by atoms with Crippen molar-refractivity contribution in [2.24, 2.45) is 0 Å². The third-order valence-corrected chi connectivity index (χ3v) is 7.05. The lowest BCUT2D eigenvalue weighted by Crippen LogP contribution is -2.06. The lowest BCUT2D eigenvalue weighted by atomic mass is 9.94. The summed E-state index contributed by atoms with van der Waals surface area (Å²) >= 11 is 0. The Balaban J connectivity index is 1.77. The molecule has 0 unspecified atom stereocenters. The molecule has 2 aromatic carbocycles. The number of aryl methyl sites for hydroxylation is 1. The SMILES string of the molecule is C=C/C=C(/c1cc(F)cc(CNC)c1)c1cc(C(=C)c2cc(-c3cncc(NC(=C)CC)c3)cc(F)c2NC)[nH]c1C. The highest BCUT2D eigenvalue weighted by molar-refractivity contribution is 5.90. The molecular weight excluding hydrogens is 528 g/mol. The smallest absolute Gasteiger partial charge is 0.147 e. The Labute approximate surface area is 246 Å². The molecule has 0 saturated carbocycles. The van der Waals surface area contributed by atoms with Gasteiger partial charge in [-0.25, -0.2) is 8.78 Å². The second-order valence-corrected chi connectivity index (χ2v) is 10.1. The van der Waals surface area contributed by atoms with Crippen molar-refractivity contribution >= 4 is 22.5 Å². The molecule has 0 aliphatic carbocycles. The lowest BCUT2D eigenvalue weighted by Gasteiger charge is -2.15. The van der Waals surface area contributed by atoms with E-state index in [0.29, 0.717) is 34.6 Å². The largest absolute Gasteiger partial charge is 0.385 e. The van der Waals surface area contributed by atoms with Crippen LogP contribution in [0.5, 0.6) is 0 Å². The first kappa shape index (κ1) is 30.2. The fourth-order valence-electron chi connectivity index (χ4n) is 4.94. The van der Waals surface area contributed by atoms with Gasteiger partial charge in [0.05, 0.1) is 17.6 Å². The number of hydrogen-bond acceptors (Lipinski definition) is 4. The van der Waals surface area contributed by atoms with Crippen molar-refractivity contribution in [1.29, 1.82) is 0 Å². The van der Waals surface area contributed by atoms with Crippen LogP contribution >= 0.6 is 0 Å². The van der Waals surface area contributed by atoms with E-state index in [-0.39, 0.29) is 5.82 Å². The number of aromatic amines is 1. The van der Waals surface area contributed by atoms with Gasteiger partial charge >= 0.3 is 0 Å². The van der Waals surface area contributed by atoms with E-state index in [1.165, 1.54) is 18.2 Å². The number of aromatic nitrogens is 2. The van der Waals surface area contributed by atoms with Gasteiger partial charge in [0.15, 0.2) is 0 Å². The van der Waals surface area contributed by atoms with Gasteiger partial charge in [0.25, 0.3) is 0 Å². The van der Waals surface area contributed by atoms with E-state index < -0.39 is 5.82 Å². The van der Waals surface area contributed by atoms with Crippen LogP contribution in [0.2, 0.25) is 0 Å². The molecule has 5 nitrogen and oxygen atoms in total. The minimum absolute atomic E-state index is 0.316. The highest BCUT2D eigenvalue weighted by Crippen LogP contribution is 2.37. The molecule has 0 amide bonds. The zero-order valence-corrected chi connectivity index (χ0v) is 24.6. The third-order valence-electron chi connectivity index (χ3n) is 7.05. The van der Waals surface area contributed by atoms with Gasteiger partial charge in [-0.2, -0.15) is 0 Å². The summed E-state index contributed by atoms with van der Waals surface area (Å²) in [5.41, 5.74) is 9.41. The van der Waals surface area contributed by atoms with Gasteiger partial charge in [-0.05, 0) is 85.1 Å². The van der Waals surface area contributed by atoms with Crippen molar-refractivity contribution in [3.63, 3.8) is 0 Å². The molecule has 0 aliphatic heterocycles. The van der Waals surface area contributed by atoms with Gasteiger partial charge in [-0.3, -0.25) is 4.98 Å². The Kier molecular flexibility index (Phi) is 9.55. The third kappa shape index (κ3) is 6.58. The van der Waals surface area contributed by atoms with Crippen LogP contribution in [-0.2, 0) is 6.54 Å². The molecule has 4 aromatic rings. The number of H-pyrrole nitrogens is 1. The number of hydrogen-bond donors (Lipinski definition) is 4. The van der Waals surface area contributed by atoms with Crippen LogP contribution in [0.3, 0.4) is 0 Å². The highest BCUT2D eigenvalue weighted by Gasteiger charge is 2.19. The quantitative estimate of drug-likeness (QED) is 0.130. The van der Waals surface area contributed by atoms with Gasteiger partial charge in [0.1, 0.15) is 11.6 Å². The predicted molar refractivity (Wildman–Crippen MR) is 172 cm³/mol. The maximum Gasteiger partial charge on any atom is 0.147 e. The Hall–Kier alpha value is -4.75. The normalized spacial score (nSPS) is 11.3. The highest BCUT2D eigenvalue weighted by atomic mass is 19.1. The van der Waals surface area contributed by atoms with Crippen LogP contribution in [-0.4, -0.2) is 24.1 Å².